The highest BCUT2D eigenvalue weighted by atomic mass is 35.5. The Morgan fingerprint density at radius 1 is 1.22 bits per heavy atom. The molecule has 0 saturated carbocycles. The fourth-order valence-electron chi connectivity index (χ4n) is 2.05. The van der Waals surface area contributed by atoms with E-state index in [1.165, 1.54) is 0 Å². The molecule has 0 saturated heterocycles. The number of urea groups is 1. The third kappa shape index (κ3) is 5.47. The third-order valence-electron chi connectivity index (χ3n) is 3.28. The third-order valence-corrected chi connectivity index (χ3v) is 3.51. The van der Waals surface area contributed by atoms with E-state index < -0.39 is 6.10 Å². The molecule has 1 unspecified atom stereocenters. The van der Waals surface area contributed by atoms with Crippen molar-refractivity contribution >= 4 is 17.6 Å². The quantitative estimate of drug-likeness (QED) is 0.760. The van der Waals surface area contributed by atoms with Gasteiger partial charge in [0, 0.05) is 18.1 Å². The highest BCUT2D eigenvalue weighted by Gasteiger charge is 2.10. The molecule has 0 bridgehead atoms. The van der Waals surface area contributed by atoms with Gasteiger partial charge >= 0.3 is 6.03 Å². The number of carbonyl (C=O) groups is 1. The lowest BCUT2D eigenvalue weighted by atomic mass is 10.1. The summed E-state index contributed by atoms with van der Waals surface area (Å²) >= 11 is 5.88. The predicted octanol–water partition coefficient (Wildman–Crippen LogP) is 2.88. The molecule has 3 N–H and O–H groups in total. The fourth-order valence-corrected chi connectivity index (χ4v) is 2.26. The Hall–Kier alpha value is -2.24. The zero-order valence-electron chi connectivity index (χ0n) is 12.8. The molecule has 2 rings (SSSR count). The van der Waals surface area contributed by atoms with Crippen LogP contribution in [-0.2, 0) is 6.54 Å². The number of carbonyl (C=O) groups excluding carboxylic acids is 1. The highest BCUT2D eigenvalue weighted by Crippen LogP contribution is 2.18. The maximum absolute atomic E-state index is 11.8. The lowest BCUT2D eigenvalue weighted by molar-refractivity contribution is 0.172. The van der Waals surface area contributed by atoms with Crippen LogP contribution in [0.25, 0.3) is 0 Å². The van der Waals surface area contributed by atoms with E-state index in [1.807, 2.05) is 12.1 Å². The van der Waals surface area contributed by atoms with Crippen LogP contribution in [0.5, 0.6) is 5.75 Å². The van der Waals surface area contributed by atoms with E-state index in [2.05, 4.69) is 10.6 Å². The number of hydrogen-bond acceptors (Lipinski definition) is 3. The van der Waals surface area contributed by atoms with Gasteiger partial charge in [-0.15, -0.1) is 0 Å². The van der Waals surface area contributed by atoms with Crippen LogP contribution in [0.2, 0.25) is 5.02 Å². The molecule has 0 fully saturated rings. The Kier molecular flexibility index (Phi) is 6.26. The Bertz CT molecular complexity index is 664. The lowest BCUT2D eigenvalue weighted by Crippen LogP contribution is -2.37. The van der Waals surface area contributed by atoms with Gasteiger partial charge < -0.3 is 20.5 Å². The van der Waals surface area contributed by atoms with Crippen molar-refractivity contribution in [3.05, 3.63) is 64.7 Å². The van der Waals surface area contributed by atoms with Crippen LogP contribution in [0.1, 0.15) is 17.2 Å². The number of aliphatic hydroxyl groups excluding tert-OH is 1. The molecule has 2 aromatic rings. The van der Waals surface area contributed by atoms with Crippen molar-refractivity contribution in [3.63, 3.8) is 0 Å². The van der Waals surface area contributed by atoms with Crippen molar-refractivity contribution in [2.24, 2.45) is 0 Å². The maximum Gasteiger partial charge on any atom is 0.315 e. The van der Waals surface area contributed by atoms with Crippen molar-refractivity contribution in [3.8, 4) is 5.75 Å². The topological polar surface area (TPSA) is 70.6 Å². The minimum absolute atomic E-state index is 0.106. The van der Waals surface area contributed by atoms with Gasteiger partial charge in [-0.05, 0) is 35.4 Å². The first kappa shape index (κ1) is 17.1. The van der Waals surface area contributed by atoms with Gasteiger partial charge in [0.25, 0.3) is 0 Å². The molecule has 0 heterocycles. The zero-order chi connectivity index (χ0) is 16.7. The number of ether oxygens (including phenoxy) is 1. The van der Waals surface area contributed by atoms with Crippen molar-refractivity contribution in [2.45, 2.75) is 12.6 Å². The van der Waals surface area contributed by atoms with E-state index in [-0.39, 0.29) is 12.6 Å². The standard InChI is InChI=1S/C17H19ClN2O3/c1-23-15-7-3-5-13(9-15)16(21)11-20-17(22)19-10-12-4-2-6-14(18)8-12/h2-9,16,21H,10-11H2,1H3,(H2,19,20,22). The maximum atomic E-state index is 11.8. The summed E-state index contributed by atoms with van der Waals surface area (Å²) in [5.41, 5.74) is 1.58. The van der Waals surface area contributed by atoms with E-state index in [4.69, 9.17) is 16.3 Å². The predicted molar refractivity (Wildman–Crippen MR) is 89.6 cm³/mol. The molecular weight excluding hydrogens is 316 g/mol. The summed E-state index contributed by atoms with van der Waals surface area (Å²) in [6.45, 7) is 0.468. The fraction of sp³-hybridized carbons (Fsp3) is 0.235. The van der Waals surface area contributed by atoms with Gasteiger partial charge in [0.1, 0.15) is 5.75 Å². The number of aliphatic hydroxyl groups is 1. The first-order valence-corrected chi connectivity index (χ1v) is 7.54. The second-order valence-corrected chi connectivity index (χ2v) is 5.42. The average molecular weight is 335 g/mol. The van der Waals surface area contributed by atoms with Crippen LogP contribution in [0.3, 0.4) is 0 Å². The van der Waals surface area contributed by atoms with E-state index in [9.17, 15) is 9.90 Å². The molecular formula is C17H19ClN2O3. The Morgan fingerprint density at radius 3 is 2.74 bits per heavy atom. The van der Waals surface area contributed by atoms with E-state index in [0.29, 0.717) is 22.9 Å². The number of rotatable bonds is 6. The van der Waals surface area contributed by atoms with Gasteiger partial charge in [-0.3, -0.25) is 0 Å². The number of hydrogen-bond donors (Lipinski definition) is 3. The molecule has 5 nitrogen and oxygen atoms in total. The van der Waals surface area contributed by atoms with Crippen molar-refractivity contribution in [1.82, 2.24) is 10.6 Å². The van der Waals surface area contributed by atoms with Gasteiger partial charge in [-0.2, -0.15) is 0 Å². The molecule has 0 aliphatic heterocycles. The van der Waals surface area contributed by atoms with Gasteiger partial charge in [0.15, 0.2) is 0 Å². The monoisotopic (exact) mass is 334 g/mol. The molecule has 2 aromatic carbocycles. The summed E-state index contributed by atoms with van der Waals surface area (Å²) in [5.74, 6) is 0.659. The van der Waals surface area contributed by atoms with Gasteiger partial charge in [-0.25, -0.2) is 4.79 Å². The molecule has 1 atom stereocenters. The van der Waals surface area contributed by atoms with Crippen LogP contribution in [0.15, 0.2) is 48.5 Å². The first-order chi connectivity index (χ1) is 11.1. The highest BCUT2D eigenvalue weighted by molar-refractivity contribution is 6.30. The summed E-state index contributed by atoms with van der Waals surface area (Å²) in [6, 6.07) is 14.0. The Labute approximate surface area is 140 Å². The number of nitrogens with one attached hydrogen (secondary N) is 2. The summed E-state index contributed by atoms with van der Waals surface area (Å²) in [4.78, 5) is 11.8. The van der Waals surface area contributed by atoms with Crippen molar-refractivity contribution in [2.75, 3.05) is 13.7 Å². The smallest absolute Gasteiger partial charge is 0.315 e. The van der Waals surface area contributed by atoms with Crippen molar-refractivity contribution in [1.29, 1.82) is 0 Å². The van der Waals surface area contributed by atoms with E-state index in [1.54, 1.807) is 43.5 Å². The second kappa shape index (κ2) is 8.41. The number of halogens is 1. The van der Waals surface area contributed by atoms with Crippen LogP contribution in [-0.4, -0.2) is 24.8 Å². The number of amides is 2. The molecule has 0 radical (unpaired) electrons. The minimum Gasteiger partial charge on any atom is -0.497 e. The minimum atomic E-state index is -0.804. The zero-order valence-corrected chi connectivity index (χ0v) is 13.5. The molecule has 0 aliphatic rings. The van der Waals surface area contributed by atoms with Crippen LogP contribution in [0.4, 0.5) is 4.79 Å². The molecule has 6 heteroatoms. The molecule has 0 spiro atoms. The lowest BCUT2D eigenvalue weighted by Gasteiger charge is -2.14. The molecule has 23 heavy (non-hydrogen) atoms. The molecule has 2 amide bonds. The summed E-state index contributed by atoms with van der Waals surface area (Å²) in [6.07, 6.45) is -0.804. The Morgan fingerprint density at radius 2 is 2.00 bits per heavy atom. The number of benzene rings is 2. The Balaban J connectivity index is 1.79. The summed E-state index contributed by atoms with van der Waals surface area (Å²) < 4.78 is 5.11. The van der Waals surface area contributed by atoms with E-state index >= 15 is 0 Å². The van der Waals surface area contributed by atoms with Gasteiger partial charge in [0.05, 0.1) is 13.2 Å². The SMILES string of the molecule is COc1cccc(C(O)CNC(=O)NCc2cccc(Cl)c2)c1. The largest absolute Gasteiger partial charge is 0.497 e. The molecule has 122 valence electrons. The summed E-state index contributed by atoms with van der Waals surface area (Å²) in [7, 11) is 1.56. The van der Waals surface area contributed by atoms with Crippen LogP contribution < -0.4 is 15.4 Å². The molecule has 0 aliphatic carbocycles. The summed E-state index contributed by atoms with van der Waals surface area (Å²) in [5, 5.41) is 16.1. The van der Waals surface area contributed by atoms with E-state index in [0.717, 1.165) is 5.56 Å². The second-order valence-electron chi connectivity index (χ2n) is 4.99. The molecule has 0 aromatic heterocycles. The van der Waals surface area contributed by atoms with Crippen LogP contribution in [0, 0.1) is 0 Å². The number of methoxy groups -OCH3 is 1. The van der Waals surface area contributed by atoms with Gasteiger partial charge in [0.2, 0.25) is 0 Å². The van der Waals surface area contributed by atoms with Crippen LogP contribution >= 0.6 is 11.6 Å². The first-order valence-electron chi connectivity index (χ1n) is 7.16. The normalized spacial score (nSPS) is 11.6. The van der Waals surface area contributed by atoms with Gasteiger partial charge in [-0.1, -0.05) is 35.9 Å². The van der Waals surface area contributed by atoms with Crippen molar-refractivity contribution < 1.29 is 14.6 Å². The average Bonchev–Trinajstić information content (AvgIpc) is 2.58.